The van der Waals surface area contributed by atoms with Gasteiger partial charge in [0.1, 0.15) is 0 Å². The fourth-order valence-corrected chi connectivity index (χ4v) is 2.12. The van der Waals surface area contributed by atoms with Crippen molar-refractivity contribution >= 4 is 22.3 Å². The second kappa shape index (κ2) is 4.98. The summed E-state index contributed by atoms with van der Waals surface area (Å²) in [4.78, 5) is 4.29. The van der Waals surface area contributed by atoms with Gasteiger partial charge in [0.05, 0.1) is 16.9 Å². The highest BCUT2D eigenvalue weighted by Gasteiger charge is 2.04. The van der Waals surface area contributed by atoms with Crippen molar-refractivity contribution in [3.8, 4) is 0 Å². The van der Waals surface area contributed by atoms with Crippen LogP contribution in [0.15, 0.2) is 60.8 Å². The van der Waals surface area contributed by atoms with E-state index in [1.807, 2.05) is 42.5 Å². The minimum Gasteiger partial charge on any atom is -0.397 e. The molecule has 0 spiro atoms. The van der Waals surface area contributed by atoms with E-state index in [0.717, 1.165) is 28.8 Å². The third kappa shape index (κ3) is 2.36. The molecule has 3 nitrogen and oxygen atoms in total. The third-order valence-corrected chi connectivity index (χ3v) is 3.15. The van der Waals surface area contributed by atoms with E-state index in [1.165, 1.54) is 5.56 Å². The van der Waals surface area contributed by atoms with Crippen LogP contribution in [0.5, 0.6) is 0 Å². The molecule has 0 aliphatic carbocycles. The van der Waals surface area contributed by atoms with Crippen LogP contribution in [-0.4, -0.2) is 4.98 Å². The first-order chi connectivity index (χ1) is 9.34. The van der Waals surface area contributed by atoms with Crippen LogP contribution < -0.4 is 11.1 Å². The number of benzene rings is 2. The molecule has 0 bridgehead atoms. The highest BCUT2D eigenvalue weighted by Crippen LogP contribution is 2.27. The average Bonchev–Trinajstić information content (AvgIpc) is 2.48. The monoisotopic (exact) mass is 249 g/mol. The Morgan fingerprint density at radius 1 is 0.947 bits per heavy atom. The van der Waals surface area contributed by atoms with Crippen LogP contribution in [0.4, 0.5) is 11.4 Å². The fraction of sp³-hybridized carbons (Fsp3) is 0.0625. The lowest BCUT2D eigenvalue weighted by molar-refractivity contribution is 1.15. The van der Waals surface area contributed by atoms with Gasteiger partial charge in [-0.3, -0.25) is 4.98 Å². The lowest BCUT2D eigenvalue weighted by Gasteiger charge is -2.11. The first kappa shape index (κ1) is 11.5. The van der Waals surface area contributed by atoms with E-state index in [-0.39, 0.29) is 0 Å². The van der Waals surface area contributed by atoms with Gasteiger partial charge in [-0.1, -0.05) is 30.3 Å². The van der Waals surface area contributed by atoms with Crippen molar-refractivity contribution in [1.82, 2.24) is 4.98 Å². The highest BCUT2D eigenvalue weighted by atomic mass is 14.9. The number of anilines is 2. The van der Waals surface area contributed by atoms with E-state index >= 15 is 0 Å². The molecule has 0 radical (unpaired) electrons. The maximum Gasteiger partial charge on any atom is 0.0724 e. The Bertz CT molecular complexity index is 693. The van der Waals surface area contributed by atoms with E-state index < -0.39 is 0 Å². The number of nitrogens with one attached hydrogen (secondary N) is 1. The van der Waals surface area contributed by atoms with Crippen LogP contribution in [0.25, 0.3) is 10.9 Å². The maximum absolute atomic E-state index is 6.18. The Labute approximate surface area is 112 Å². The molecule has 0 saturated heterocycles. The minimum atomic E-state index is 0.751. The number of nitrogens with zero attached hydrogens (tertiary/aromatic N) is 1. The highest BCUT2D eigenvalue weighted by molar-refractivity contribution is 5.96. The Morgan fingerprint density at radius 3 is 2.63 bits per heavy atom. The Balaban J connectivity index is 1.87. The molecule has 0 amide bonds. The van der Waals surface area contributed by atoms with Gasteiger partial charge >= 0.3 is 0 Å². The Kier molecular flexibility index (Phi) is 3.02. The summed E-state index contributed by atoms with van der Waals surface area (Å²) in [6.45, 7) is 0.761. The molecule has 3 aromatic rings. The molecule has 0 aliphatic rings. The van der Waals surface area contributed by atoms with Gasteiger partial charge in [0.2, 0.25) is 0 Å². The topological polar surface area (TPSA) is 50.9 Å². The number of aromatic nitrogens is 1. The molecule has 0 aliphatic heterocycles. The van der Waals surface area contributed by atoms with Gasteiger partial charge in [0, 0.05) is 18.1 Å². The summed E-state index contributed by atoms with van der Waals surface area (Å²) in [7, 11) is 0. The Morgan fingerprint density at radius 2 is 1.79 bits per heavy atom. The smallest absolute Gasteiger partial charge is 0.0724 e. The molecular weight excluding hydrogens is 234 g/mol. The van der Waals surface area contributed by atoms with Gasteiger partial charge < -0.3 is 11.1 Å². The van der Waals surface area contributed by atoms with Gasteiger partial charge in [-0.2, -0.15) is 0 Å². The number of rotatable bonds is 3. The van der Waals surface area contributed by atoms with Crippen LogP contribution in [0, 0.1) is 0 Å². The number of nitrogens with two attached hydrogens (primary N) is 1. The number of hydrogen-bond acceptors (Lipinski definition) is 3. The zero-order valence-corrected chi connectivity index (χ0v) is 10.5. The van der Waals surface area contributed by atoms with Crippen molar-refractivity contribution in [2.75, 3.05) is 11.1 Å². The first-order valence-corrected chi connectivity index (χ1v) is 6.25. The molecule has 0 atom stereocenters. The van der Waals surface area contributed by atoms with E-state index in [0.29, 0.717) is 0 Å². The molecule has 2 aromatic carbocycles. The van der Waals surface area contributed by atoms with Crippen molar-refractivity contribution in [3.63, 3.8) is 0 Å². The zero-order chi connectivity index (χ0) is 13.1. The van der Waals surface area contributed by atoms with Gasteiger partial charge in [-0.15, -0.1) is 0 Å². The number of hydrogen-bond donors (Lipinski definition) is 2. The van der Waals surface area contributed by atoms with Gasteiger partial charge in [-0.25, -0.2) is 0 Å². The Hall–Kier alpha value is -2.55. The predicted octanol–water partition coefficient (Wildman–Crippen LogP) is 3.43. The molecular formula is C16H15N3. The molecule has 0 saturated carbocycles. The standard InChI is InChI=1S/C16H15N3/c17-16-13-7-4-10-18-14(13)8-9-15(16)19-11-12-5-2-1-3-6-12/h1-10,19H,11,17H2. The maximum atomic E-state index is 6.18. The van der Waals surface area contributed by atoms with Crippen LogP contribution in [0.1, 0.15) is 5.56 Å². The molecule has 1 heterocycles. The van der Waals surface area contributed by atoms with Crippen molar-refractivity contribution in [3.05, 3.63) is 66.4 Å². The van der Waals surface area contributed by atoms with Crippen LogP contribution in [-0.2, 0) is 6.54 Å². The van der Waals surface area contributed by atoms with Crippen molar-refractivity contribution in [1.29, 1.82) is 0 Å². The average molecular weight is 249 g/mol. The third-order valence-electron chi connectivity index (χ3n) is 3.15. The second-order valence-electron chi connectivity index (χ2n) is 4.44. The van der Waals surface area contributed by atoms with Crippen LogP contribution in [0.3, 0.4) is 0 Å². The molecule has 3 rings (SSSR count). The van der Waals surface area contributed by atoms with Crippen molar-refractivity contribution in [2.24, 2.45) is 0 Å². The van der Waals surface area contributed by atoms with Gasteiger partial charge in [0.25, 0.3) is 0 Å². The predicted molar refractivity (Wildman–Crippen MR) is 79.9 cm³/mol. The lowest BCUT2D eigenvalue weighted by Crippen LogP contribution is -2.02. The molecule has 1 aromatic heterocycles. The summed E-state index contributed by atoms with van der Waals surface area (Å²) >= 11 is 0. The molecule has 19 heavy (non-hydrogen) atoms. The summed E-state index contributed by atoms with van der Waals surface area (Å²) in [5.41, 5.74) is 10.0. The van der Waals surface area contributed by atoms with Gasteiger partial charge in [0.15, 0.2) is 0 Å². The minimum absolute atomic E-state index is 0.751. The molecule has 3 heteroatoms. The van der Waals surface area contributed by atoms with E-state index in [2.05, 4.69) is 22.4 Å². The van der Waals surface area contributed by atoms with Crippen molar-refractivity contribution < 1.29 is 0 Å². The summed E-state index contributed by atoms with van der Waals surface area (Å²) in [6.07, 6.45) is 1.78. The summed E-state index contributed by atoms with van der Waals surface area (Å²) < 4.78 is 0. The van der Waals surface area contributed by atoms with Crippen LogP contribution >= 0.6 is 0 Å². The first-order valence-electron chi connectivity index (χ1n) is 6.25. The SMILES string of the molecule is Nc1c(NCc2ccccc2)ccc2ncccc12. The van der Waals surface area contributed by atoms with Crippen molar-refractivity contribution in [2.45, 2.75) is 6.54 Å². The number of pyridine rings is 1. The number of fused-ring (bicyclic) bond motifs is 1. The molecule has 3 N–H and O–H groups in total. The summed E-state index contributed by atoms with van der Waals surface area (Å²) in [6, 6.07) is 18.1. The number of nitrogen functional groups attached to an aromatic ring is 1. The van der Waals surface area contributed by atoms with E-state index in [4.69, 9.17) is 5.73 Å². The fourth-order valence-electron chi connectivity index (χ4n) is 2.12. The molecule has 0 fully saturated rings. The second-order valence-corrected chi connectivity index (χ2v) is 4.44. The zero-order valence-electron chi connectivity index (χ0n) is 10.5. The summed E-state index contributed by atoms with van der Waals surface area (Å²) in [5, 5.41) is 4.36. The largest absolute Gasteiger partial charge is 0.397 e. The normalized spacial score (nSPS) is 10.5. The quantitative estimate of drug-likeness (QED) is 0.699. The van der Waals surface area contributed by atoms with Gasteiger partial charge in [-0.05, 0) is 29.8 Å². The van der Waals surface area contributed by atoms with Crippen LogP contribution in [0.2, 0.25) is 0 Å². The molecule has 0 unspecified atom stereocenters. The lowest BCUT2D eigenvalue weighted by atomic mass is 10.1. The van der Waals surface area contributed by atoms with E-state index in [9.17, 15) is 0 Å². The molecule has 94 valence electrons. The summed E-state index contributed by atoms with van der Waals surface area (Å²) in [5.74, 6) is 0. The van der Waals surface area contributed by atoms with E-state index in [1.54, 1.807) is 6.20 Å².